The Kier molecular flexibility index (Phi) is 10.3. The van der Waals surface area contributed by atoms with Crippen LogP contribution in [-0.2, 0) is 16.0 Å². The van der Waals surface area contributed by atoms with E-state index in [1.807, 2.05) is 29.2 Å². The van der Waals surface area contributed by atoms with Gasteiger partial charge in [0, 0.05) is 61.5 Å². The van der Waals surface area contributed by atoms with Crippen LogP contribution in [0.1, 0.15) is 90.0 Å². The summed E-state index contributed by atoms with van der Waals surface area (Å²) in [6, 6.07) is 9.09. The van der Waals surface area contributed by atoms with Crippen LogP contribution in [0.5, 0.6) is 0 Å². The largest absolute Gasteiger partial charge is 0.381 e. The van der Waals surface area contributed by atoms with Gasteiger partial charge >= 0.3 is 6.03 Å². The quantitative estimate of drug-likeness (QED) is 0.416. The van der Waals surface area contributed by atoms with Crippen LogP contribution in [0.4, 0.5) is 4.79 Å². The van der Waals surface area contributed by atoms with Crippen molar-refractivity contribution < 1.29 is 14.3 Å². The van der Waals surface area contributed by atoms with E-state index in [4.69, 9.17) is 16.3 Å². The van der Waals surface area contributed by atoms with Crippen molar-refractivity contribution in [1.82, 2.24) is 20.0 Å². The van der Waals surface area contributed by atoms with Gasteiger partial charge in [0.2, 0.25) is 5.91 Å². The molecule has 7 nitrogen and oxygen atoms in total. The third kappa shape index (κ3) is 6.79. The molecule has 8 heteroatoms. The Morgan fingerprint density at radius 3 is 2.15 bits per heavy atom. The molecule has 1 aliphatic carbocycles. The van der Waals surface area contributed by atoms with Gasteiger partial charge in [0.25, 0.3) is 0 Å². The maximum atomic E-state index is 14.3. The average Bonchev–Trinajstić information content (AvgIpc) is 3.24. The molecule has 3 saturated heterocycles. The second-order valence-electron chi connectivity index (χ2n) is 12.3. The van der Waals surface area contributed by atoms with E-state index < -0.39 is 0 Å². The van der Waals surface area contributed by atoms with Crippen LogP contribution < -0.4 is 5.32 Å². The van der Waals surface area contributed by atoms with Crippen molar-refractivity contribution in [2.75, 3.05) is 26.3 Å². The van der Waals surface area contributed by atoms with E-state index in [0.29, 0.717) is 23.5 Å². The molecule has 1 saturated carbocycles. The van der Waals surface area contributed by atoms with E-state index in [1.165, 1.54) is 19.3 Å². The summed E-state index contributed by atoms with van der Waals surface area (Å²) < 4.78 is 5.58. The summed E-state index contributed by atoms with van der Waals surface area (Å²) in [6.07, 6.45) is 12.3. The maximum Gasteiger partial charge on any atom is 0.320 e. The van der Waals surface area contributed by atoms with E-state index in [0.717, 1.165) is 83.2 Å². The molecule has 3 amide bonds. The highest BCUT2D eigenvalue weighted by Crippen LogP contribution is 2.40. The standard InChI is InChI=1S/C32H49ClN4O3/c1-3-35(4-2)32(39)37(26-8-6-5-7-9-26)29-21-27-14-15-28(22-29)36(27)31(38)30(34-25-16-18-40-19-17-25)20-23-10-12-24(33)13-11-23/h10-13,25-30,34H,3-9,14-22H2,1-2H3/t27?,28?,29?,30-/m1/s1. The zero-order chi connectivity index (χ0) is 28.1. The van der Waals surface area contributed by atoms with Gasteiger partial charge in [0.15, 0.2) is 0 Å². The first-order valence-electron chi connectivity index (χ1n) is 16.0. The van der Waals surface area contributed by atoms with Gasteiger partial charge in [0.05, 0.1) is 6.04 Å². The minimum Gasteiger partial charge on any atom is -0.381 e. The molecular weight excluding hydrogens is 524 g/mol. The molecule has 0 aromatic heterocycles. The minimum absolute atomic E-state index is 0.205. The van der Waals surface area contributed by atoms with Crippen molar-refractivity contribution in [2.45, 2.75) is 127 Å². The summed E-state index contributed by atoms with van der Waals surface area (Å²) in [7, 11) is 0. The lowest BCUT2D eigenvalue weighted by atomic mass is 9.89. The summed E-state index contributed by atoms with van der Waals surface area (Å²) >= 11 is 6.15. The predicted molar refractivity (Wildman–Crippen MR) is 160 cm³/mol. The topological polar surface area (TPSA) is 65.1 Å². The van der Waals surface area contributed by atoms with E-state index in [2.05, 4.69) is 29.0 Å². The van der Waals surface area contributed by atoms with Gasteiger partial charge < -0.3 is 24.8 Å². The number of piperidine rings is 1. The molecular formula is C32H49ClN4O3. The van der Waals surface area contributed by atoms with Gasteiger partial charge in [0.1, 0.15) is 0 Å². The second-order valence-corrected chi connectivity index (χ2v) is 12.8. The van der Waals surface area contributed by atoms with Crippen LogP contribution in [-0.4, -0.2) is 89.2 Å². The number of carbonyl (C=O) groups excluding carboxylic acids is 2. The Hall–Kier alpha value is -1.83. The van der Waals surface area contributed by atoms with Crippen molar-refractivity contribution in [3.63, 3.8) is 0 Å². The Bertz CT molecular complexity index is 961. The Morgan fingerprint density at radius 1 is 0.925 bits per heavy atom. The summed E-state index contributed by atoms with van der Waals surface area (Å²) in [5.41, 5.74) is 1.12. The molecule has 1 aromatic carbocycles. The smallest absolute Gasteiger partial charge is 0.320 e. The summed E-state index contributed by atoms with van der Waals surface area (Å²) in [5.74, 6) is 0.228. The predicted octanol–water partition coefficient (Wildman–Crippen LogP) is 5.64. The number of carbonyl (C=O) groups is 2. The van der Waals surface area contributed by atoms with Crippen LogP contribution >= 0.6 is 11.6 Å². The number of benzene rings is 1. The summed E-state index contributed by atoms with van der Waals surface area (Å²) in [6.45, 7) is 7.14. The van der Waals surface area contributed by atoms with E-state index in [1.54, 1.807) is 0 Å². The van der Waals surface area contributed by atoms with Gasteiger partial charge in [-0.3, -0.25) is 4.79 Å². The lowest BCUT2D eigenvalue weighted by Crippen LogP contribution is -2.61. The summed E-state index contributed by atoms with van der Waals surface area (Å²) in [4.78, 5) is 34.7. The third-order valence-corrected chi connectivity index (χ3v) is 10.1. The van der Waals surface area contributed by atoms with E-state index >= 15 is 0 Å². The molecule has 2 unspecified atom stereocenters. The van der Waals surface area contributed by atoms with Crippen LogP contribution in [0.2, 0.25) is 5.02 Å². The second kappa shape index (κ2) is 13.9. The lowest BCUT2D eigenvalue weighted by Gasteiger charge is -2.48. The fourth-order valence-electron chi connectivity index (χ4n) is 7.76. The fraction of sp³-hybridized carbons (Fsp3) is 0.750. The molecule has 0 spiro atoms. The van der Waals surface area contributed by atoms with Gasteiger partial charge in [-0.2, -0.15) is 0 Å². The summed E-state index contributed by atoms with van der Waals surface area (Å²) in [5, 5.41) is 4.46. The number of nitrogens with zero attached hydrogens (tertiary/aromatic N) is 3. The molecule has 3 atom stereocenters. The highest BCUT2D eigenvalue weighted by molar-refractivity contribution is 6.30. The van der Waals surface area contributed by atoms with Crippen LogP contribution in [0.3, 0.4) is 0 Å². The van der Waals surface area contributed by atoms with Crippen molar-refractivity contribution in [3.05, 3.63) is 34.9 Å². The first kappa shape index (κ1) is 29.7. The molecule has 3 heterocycles. The number of nitrogens with one attached hydrogen (secondary N) is 1. The molecule has 1 aromatic rings. The van der Waals surface area contributed by atoms with E-state index in [9.17, 15) is 9.59 Å². The van der Waals surface area contributed by atoms with Crippen LogP contribution in [0.15, 0.2) is 24.3 Å². The number of halogens is 1. The van der Waals surface area contributed by atoms with Crippen LogP contribution in [0, 0.1) is 0 Å². The molecule has 222 valence electrons. The van der Waals surface area contributed by atoms with Crippen molar-refractivity contribution in [1.29, 1.82) is 0 Å². The average molecular weight is 573 g/mol. The highest BCUT2D eigenvalue weighted by Gasteiger charge is 2.48. The molecule has 4 aliphatic rings. The number of hydrogen-bond acceptors (Lipinski definition) is 4. The van der Waals surface area contributed by atoms with Crippen molar-refractivity contribution in [3.8, 4) is 0 Å². The number of amides is 3. The highest BCUT2D eigenvalue weighted by atomic mass is 35.5. The van der Waals surface area contributed by atoms with E-state index in [-0.39, 0.29) is 36.1 Å². The zero-order valence-corrected chi connectivity index (χ0v) is 25.3. The lowest BCUT2D eigenvalue weighted by molar-refractivity contribution is -0.139. The zero-order valence-electron chi connectivity index (χ0n) is 24.5. The van der Waals surface area contributed by atoms with Gasteiger partial charge in [-0.25, -0.2) is 4.79 Å². The molecule has 40 heavy (non-hydrogen) atoms. The molecule has 4 fully saturated rings. The van der Waals surface area contributed by atoms with Gasteiger partial charge in [-0.05, 0) is 89.3 Å². The Labute approximate surface area is 245 Å². The molecule has 2 bridgehead atoms. The number of ether oxygens (including phenoxy) is 1. The Balaban J connectivity index is 1.33. The molecule has 5 rings (SSSR count). The SMILES string of the molecule is CCN(CC)C(=O)N(C1CCCCC1)C1CC2CCC(C1)N2C(=O)[C@@H](Cc1ccc(Cl)cc1)NC1CCOCC1. The number of rotatable bonds is 9. The van der Waals surface area contributed by atoms with Crippen molar-refractivity contribution in [2.24, 2.45) is 0 Å². The minimum atomic E-state index is -0.268. The van der Waals surface area contributed by atoms with Gasteiger partial charge in [-0.1, -0.05) is 43.0 Å². The molecule has 1 N–H and O–H groups in total. The maximum absolute atomic E-state index is 14.3. The third-order valence-electron chi connectivity index (χ3n) is 9.89. The molecule has 0 radical (unpaired) electrons. The normalized spacial score (nSPS) is 26.5. The number of fused-ring (bicyclic) bond motifs is 2. The fourth-order valence-corrected chi connectivity index (χ4v) is 7.89. The number of urea groups is 1. The first-order chi connectivity index (χ1) is 19.5. The number of hydrogen-bond donors (Lipinski definition) is 1. The van der Waals surface area contributed by atoms with Gasteiger partial charge in [-0.15, -0.1) is 0 Å². The monoisotopic (exact) mass is 572 g/mol. The van der Waals surface area contributed by atoms with Crippen LogP contribution in [0.25, 0.3) is 0 Å². The first-order valence-corrected chi connectivity index (χ1v) is 16.3. The Morgan fingerprint density at radius 2 is 1.55 bits per heavy atom. The van der Waals surface area contributed by atoms with Crippen molar-refractivity contribution >= 4 is 23.5 Å². The molecule has 3 aliphatic heterocycles.